The highest BCUT2D eigenvalue weighted by Gasteiger charge is 2.33. The third-order valence-electron chi connectivity index (χ3n) is 3.95. The Hall–Kier alpha value is -2.59. The summed E-state index contributed by atoms with van der Waals surface area (Å²) >= 11 is 3.37. The Morgan fingerprint density at radius 1 is 0.833 bits per heavy atom. The predicted molar refractivity (Wildman–Crippen MR) is 94.6 cm³/mol. The highest BCUT2D eigenvalue weighted by molar-refractivity contribution is 9.10. The Labute approximate surface area is 148 Å². The van der Waals surface area contributed by atoms with E-state index in [-0.39, 0.29) is 5.97 Å². The number of para-hydroxylation sites is 2. The molecule has 0 aliphatic carbocycles. The molecule has 1 aliphatic rings. The van der Waals surface area contributed by atoms with Crippen LogP contribution in [-0.4, -0.2) is 5.97 Å². The number of hydrogen-bond donors (Lipinski definition) is 0. The van der Waals surface area contributed by atoms with Crippen molar-refractivity contribution in [3.8, 4) is 17.2 Å². The van der Waals surface area contributed by atoms with Crippen LogP contribution in [0.25, 0.3) is 0 Å². The van der Waals surface area contributed by atoms with Crippen LogP contribution >= 0.6 is 15.9 Å². The van der Waals surface area contributed by atoms with Gasteiger partial charge in [-0.3, -0.25) is 4.79 Å². The van der Waals surface area contributed by atoms with E-state index in [0.29, 0.717) is 17.2 Å². The minimum absolute atomic E-state index is 0.319. The second-order valence-corrected chi connectivity index (χ2v) is 6.40. The molecule has 0 fully saturated rings. The molecular formula is C20H13BrO3. The molecule has 0 atom stereocenters. The van der Waals surface area contributed by atoms with Gasteiger partial charge >= 0.3 is 5.97 Å². The van der Waals surface area contributed by atoms with Gasteiger partial charge in [-0.2, -0.15) is 0 Å². The van der Waals surface area contributed by atoms with Gasteiger partial charge < -0.3 is 9.47 Å². The van der Waals surface area contributed by atoms with Gasteiger partial charge in [0.05, 0.1) is 0 Å². The van der Waals surface area contributed by atoms with Gasteiger partial charge in [-0.1, -0.05) is 52.3 Å². The summed E-state index contributed by atoms with van der Waals surface area (Å²) in [5, 5.41) is 0. The van der Waals surface area contributed by atoms with Crippen LogP contribution in [0.5, 0.6) is 17.2 Å². The van der Waals surface area contributed by atoms with Crippen LogP contribution in [0.2, 0.25) is 0 Å². The van der Waals surface area contributed by atoms with Crippen LogP contribution in [0.15, 0.2) is 77.3 Å². The Bertz CT molecular complexity index is 857. The molecule has 3 aromatic rings. The first-order valence-electron chi connectivity index (χ1n) is 7.55. The van der Waals surface area contributed by atoms with E-state index in [0.717, 1.165) is 15.6 Å². The maximum atomic E-state index is 12.9. The summed E-state index contributed by atoms with van der Waals surface area (Å²) in [7, 11) is 0. The van der Waals surface area contributed by atoms with Crippen molar-refractivity contribution in [3.05, 3.63) is 88.4 Å². The van der Waals surface area contributed by atoms with Crippen molar-refractivity contribution in [2.24, 2.45) is 0 Å². The lowest BCUT2D eigenvalue weighted by atomic mass is 9.88. The number of carbonyl (C=O) groups is 1. The van der Waals surface area contributed by atoms with E-state index in [1.807, 2.05) is 60.7 Å². The van der Waals surface area contributed by atoms with E-state index >= 15 is 0 Å². The van der Waals surface area contributed by atoms with Crippen LogP contribution in [0, 0.1) is 0 Å². The van der Waals surface area contributed by atoms with Crippen LogP contribution < -0.4 is 9.47 Å². The Morgan fingerprint density at radius 3 is 1.96 bits per heavy atom. The molecular weight excluding hydrogens is 368 g/mol. The number of esters is 1. The SMILES string of the molecule is O=C(Oc1ccc(Br)cc1)C1c2ccccc2Oc2ccccc21. The smallest absolute Gasteiger partial charge is 0.323 e. The minimum Gasteiger partial charge on any atom is -0.457 e. The molecule has 4 rings (SSSR count). The zero-order valence-corrected chi connectivity index (χ0v) is 14.2. The minimum atomic E-state index is -0.505. The number of fused-ring (bicyclic) bond motifs is 2. The number of hydrogen-bond acceptors (Lipinski definition) is 3. The van der Waals surface area contributed by atoms with E-state index in [1.165, 1.54) is 0 Å². The van der Waals surface area contributed by atoms with E-state index < -0.39 is 5.92 Å². The molecule has 4 heteroatoms. The summed E-state index contributed by atoms with van der Waals surface area (Å²) in [5.41, 5.74) is 1.64. The van der Waals surface area contributed by atoms with E-state index in [2.05, 4.69) is 15.9 Å². The molecule has 0 spiro atoms. The number of benzene rings is 3. The van der Waals surface area contributed by atoms with Crippen molar-refractivity contribution in [3.63, 3.8) is 0 Å². The van der Waals surface area contributed by atoms with Crippen molar-refractivity contribution in [2.45, 2.75) is 5.92 Å². The van der Waals surface area contributed by atoms with Crippen LogP contribution in [-0.2, 0) is 4.79 Å². The molecule has 0 aromatic heterocycles. The molecule has 1 aliphatic heterocycles. The predicted octanol–water partition coefficient (Wildman–Crippen LogP) is 5.29. The molecule has 0 unspecified atom stereocenters. The highest BCUT2D eigenvalue weighted by Crippen LogP contribution is 2.44. The normalized spacial score (nSPS) is 12.7. The molecule has 24 heavy (non-hydrogen) atoms. The summed E-state index contributed by atoms with van der Waals surface area (Å²) in [6, 6.07) is 22.3. The molecule has 3 nitrogen and oxygen atoms in total. The fourth-order valence-corrected chi connectivity index (χ4v) is 3.11. The molecule has 1 heterocycles. The molecule has 0 amide bonds. The van der Waals surface area contributed by atoms with Gasteiger partial charge in [0, 0.05) is 15.6 Å². The summed E-state index contributed by atoms with van der Waals surface area (Å²) in [4.78, 5) is 12.9. The number of carbonyl (C=O) groups excluding carboxylic acids is 1. The summed E-state index contributed by atoms with van der Waals surface area (Å²) in [6.07, 6.45) is 0. The number of rotatable bonds is 2. The summed E-state index contributed by atoms with van der Waals surface area (Å²) in [6.45, 7) is 0. The van der Waals surface area contributed by atoms with E-state index in [4.69, 9.17) is 9.47 Å². The fourth-order valence-electron chi connectivity index (χ4n) is 2.84. The Kier molecular flexibility index (Phi) is 3.82. The first kappa shape index (κ1) is 15.0. The third-order valence-corrected chi connectivity index (χ3v) is 4.48. The fraction of sp³-hybridized carbons (Fsp3) is 0.0500. The van der Waals surface area contributed by atoms with Gasteiger partial charge in [0.2, 0.25) is 0 Å². The van der Waals surface area contributed by atoms with Crippen molar-refractivity contribution in [2.75, 3.05) is 0 Å². The topological polar surface area (TPSA) is 35.5 Å². The van der Waals surface area contributed by atoms with Gasteiger partial charge in [-0.25, -0.2) is 0 Å². The summed E-state index contributed by atoms with van der Waals surface area (Å²) < 4.78 is 12.5. The van der Waals surface area contributed by atoms with Crippen molar-refractivity contribution < 1.29 is 14.3 Å². The van der Waals surface area contributed by atoms with E-state index in [1.54, 1.807) is 12.1 Å². The summed E-state index contributed by atoms with van der Waals surface area (Å²) in [5.74, 6) is 1.07. The lowest BCUT2D eigenvalue weighted by Crippen LogP contribution is -2.23. The van der Waals surface area contributed by atoms with Gasteiger partial charge in [0.15, 0.2) is 0 Å². The largest absolute Gasteiger partial charge is 0.457 e. The number of ether oxygens (including phenoxy) is 2. The van der Waals surface area contributed by atoms with Crippen molar-refractivity contribution >= 4 is 21.9 Å². The Balaban J connectivity index is 1.74. The lowest BCUT2D eigenvalue weighted by molar-refractivity contribution is -0.135. The molecule has 0 saturated heterocycles. The molecule has 3 aromatic carbocycles. The Morgan fingerprint density at radius 2 is 1.38 bits per heavy atom. The second-order valence-electron chi connectivity index (χ2n) is 5.49. The average Bonchev–Trinajstić information content (AvgIpc) is 2.61. The zero-order valence-electron chi connectivity index (χ0n) is 12.6. The lowest BCUT2D eigenvalue weighted by Gasteiger charge is -2.26. The van der Waals surface area contributed by atoms with Crippen molar-refractivity contribution in [1.82, 2.24) is 0 Å². The first-order valence-corrected chi connectivity index (χ1v) is 8.34. The van der Waals surface area contributed by atoms with E-state index in [9.17, 15) is 4.79 Å². The van der Waals surface area contributed by atoms with Crippen LogP contribution in [0.4, 0.5) is 0 Å². The molecule has 0 radical (unpaired) electrons. The van der Waals surface area contributed by atoms with Gasteiger partial charge in [-0.15, -0.1) is 0 Å². The zero-order chi connectivity index (χ0) is 16.5. The quantitative estimate of drug-likeness (QED) is 0.447. The maximum absolute atomic E-state index is 12.9. The highest BCUT2D eigenvalue weighted by atomic mass is 79.9. The number of halogens is 1. The first-order chi connectivity index (χ1) is 11.7. The third kappa shape index (κ3) is 2.69. The van der Waals surface area contributed by atoms with Gasteiger partial charge in [-0.05, 0) is 36.4 Å². The average molecular weight is 381 g/mol. The molecule has 0 saturated carbocycles. The van der Waals surface area contributed by atoms with Gasteiger partial charge in [0.25, 0.3) is 0 Å². The molecule has 0 bridgehead atoms. The van der Waals surface area contributed by atoms with Crippen LogP contribution in [0.3, 0.4) is 0 Å². The monoisotopic (exact) mass is 380 g/mol. The van der Waals surface area contributed by atoms with Gasteiger partial charge in [0.1, 0.15) is 23.2 Å². The maximum Gasteiger partial charge on any atom is 0.323 e. The molecule has 0 N–H and O–H groups in total. The standard InChI is InChI=1S/C20H13BrO3/c21-13-9-11-14(12-10-13)23-20(22)19-15-5-1-3-7-17(15)24-18-8-4-2-6-16(18)19/h1-12,19H. The van der Waals surface area contributed by atoms with Crippen molar-refractivity contribution in [1.29, 1.82) is 0 Å². The van der Waals surface area contributed by atoms with Crippen LogP contribution in [0.1, 0.15) is 17.0 Å². The molecule has 118 valence electrons. The second kappa shape index (κ2) is 6.13.